The van der Waals surface area contributed by atoms with Gasteiger partial charge in [-0.1, -0.05) is 6.92 Å². The molecular weight excluding hydrogens is 248 g/mol. The first kappa shape index (κ1) is 13.9. The van der Waals surface area contributed by atoms with Gasteiger partial charge in [0.1, 0.15) is 5.82 Å². The van der Waals surface area contributed by atoms with Crippen molar-refractivity contribution in [3.8, 4) is 0 Å². The van der Waals surface area contributed by atoms with Crippen molar-refractivity contribution < 1.29 is 17.2 Å². The molecule has 0 saturated carbocycles. The Morgan fingerprint density at radius 1 is 1.24 bits per heavy atom. The molecule has 0 aliphatic carbocycles. The van der Waals surface area contributed by atoms with Gasteiger partial charge in [0.2, 0.25) is 10.0 Å². The van der Waals surface area contributed by atoms with Crippen LogP contribution in [0.25, 0.3) is 0 Å². The molecule has 1 aromatic carbocycles. The van der Waals surface area contributed by atoms with Gasteiger partial charge in [0.25, 0.3) is 0 Å². The summed E-state index contributed by atoms with van der Waals surface area (Å²) in [5.74, 6) is -1.48. The van der Waals surface area contributed by atoms with Crippen LogP contribution in [0.5, 0.6) is 0 Å². The molecule has 0 aromatic heterocycles. The van der Waals surface area contributed by atoms with E-state index in [4.69, 9.17) is 0 Å². The Hall–Kier alpha value is -1.17. The number of benzene rings is 1. The molecule has 0 atom stereocenters. The van der Waals surface area contributed by atoms with E-state index in [2.05, 4.69) is 4.72 Å². The minimum Gasteiger partial charge on any atom is -0.280 e. The van der Waals surface area contributed by atoms with E-state index in [1.165, 1.54) is 13.8 Å². The second kappa shape index (κ2) is 5.00. The van der Waals surface area contributed by atoms with Crippen LogP contribution in [0, 0.1) is 25.5 Å². The number of anilines is 1. The van der Waals surface area contributed by atoms with Gasteiger partial charge < -0.3 is 0 Å². The normalized spacial score (nSPS) is 11.6. The van der Waals surface area contributed by atoms with Gasteiger partial charge in [-0.05, 0) is 31.4 Å². The highest BCUT2D eigenvalue weighted by Crippen LogP contribution is 2.24. The predicted octanol–water partition coefficient (Wildman–Crippen LogP) is 2.73. The highest BCUT2D eigenvalue weighted by Gasteiger charge is 2.17. The van der Waals surface area contributed by atoms with Crippen LogP contribution in [0.15, 0.2) is 6.07 Å². The summed E-state index contributed by atoms with van der Waals surface area (Å²) >= 11 is 0. The van der Waals surface area contributed by atoms with Crippen LogP contribution in [-0.2, 0) is 10.0 Å². The fourth-order valence-corrected chi connectivity index (χ4v) is 2.53. The zero-order valence-corrected chi connectivity index (χ0v) is 10.8. The maximum absolute atomic E-state index is 13.7. The van der Waals surface area contributed by atoms with E-state index in [0.717, 1.165) is 6.07 Å². The van der Waals surface area contributed by atoms with Crippen molar-refractivity contribution in [3.05, 3.63) is 28.8 Å². The van der Waals surface area contributed by atoms with Gasteiger partial charge in [0.15, 0.2) is 5.82 Å². The van der Waals surface area contributed by atoms with Crippen LogP contribution in [0.1, 0.15) is 24.5 Å². The van der Waals surface area contributed by atoms with E-state index in [-0.39, 0.29) is 22.6 Å². The Labute approximate surface area is 99.9 Å². The summed E-state index contributed by atoms with van der Waals surface area (Å²) in [4.78, 5) is 0. The fourth-order valence-electron chi connectivity index (χ4n) is 1.41. The Bertz CT molecular complexity index is 527. The van der Waals surface area contributed by atoms with Crippen molar-refractivity contribution >= 4 is 15.7 Å². The van der Waals surface area contributed by atoms with Crippen molar-refractivity contribution in [2.24, 2.45) is 0 Å². The standard InChI is InChI=1S/C11H15F2NO2S/c1-4-5-17(15,16)14-10-6-9(12)7(2)8(3)11(10)13/h6,14H,4-5H2,1-3H3. The molecule has 6 heteroatoms. The van der Waals surface area contributed by atoms with Crippen molar-refractivity contribution in [2.75, 3.05) is 10.5 Å². The van der Waals surface area contributed by atoms with Crippen molar-refractivity contribution in [1.29, 1.82) is 0 Å². The van der Waals surface area contributed by atoms with Gasteiger partial charge in [-0.25, -0.2) is 17.2 Å². The third-order valence-corrected chi connectivity index (χ3v) is 3.97. The Kier molecular flexibility index (Phi) is 4.08. The van der Waals surface area contributed by atoms with Gasteiger partial charge >= 0.3 is 0 Å². The van der Waals surface area contributed by atoms with Gasteiger partial charge in [0, 0.05) is 6.07 Å². The average Bonchev–Trinajstić information content (AvgIpc) is 2.22. The second-order valence-corrected chi connectivity index (χ2v) is 5.73. The first-order valence-corrected chi connectivity index (χ1v) is 6.89. The third kappa shape index (κ3) is 3.15. The summed E-state index contributed by atoms with van der Waals surface area (Å²) in [6, 6.07) is 0.866. The molecule has 0 aliphatic heterocycles. The lowest BCUT2D eigenvalue weighted by Crippen LogP contribution is -2.17. The quantitative estimate of drug-likeness (QED) is 0.908. The minimum absolute atomic E-state index is 0.110. The third-order valence-electron chi connectivity index (χ3n) is 2.50. The SMILES string of the molecule is CCCS(=O)(=O)Nc1cc(F)c(C)c(C)c1F. The van der Waals surface area contributed by atoms with Crippen LogP contribution in [0.4, 0.5) is 14.5 Å². The van der Waals surface area contributed by atoms with E-state index < -0.39 is 21.7 Å². The number of halogens is 2. The van der Waals surface area contributed by atoms with Crippen LogP contribution < -0.4 is 4.72 Å². The van der Waals surface area contributed by atoms with Crippen LogP contribution >= 0.6 is 0 Å². The molecule has 0 heterocycles. The lowest BCUT2D eigenvalue weighted by Gasteiger charge is -2.11. The van der Waals surface area contributed by atoms with Crippen molar-refractivity contribution in [1.82, 2.24) is 0 Å². The van der Waals surface area contributed by atoms with Crippen molar-refractivity contribution in [2.45, 2.75) is 27.2 Å². The van der Waals surface area contributed by atoms with Crippen LogP contribution in [0.3, 0.4) is 0 Å². The maximum atomic E-state index is 13.7. The van der Waals surface area contributed by atoms with Gasteiger partial charge in [-0.2, -0.15) is 0 Å². The van der Waals surface area contributed by atoms with Gasteiger partial charge in [-0.15, -0.1) is 0 Å². The predicted molar refractivity (Wildman–Crippen MR) is 63.5 cm³/mol. The van der Waals surface area contributed by atoms with E-state index in [1.807, 2.05) is 0 Å². The molecular formula is C11H15F2NO2S. The molecule has 1 aromatic rings. The summed E-state index contributed by atoms with van der Waals surface area (Å²) < 4.78 is 52.1. The highest BCUT2D eigenvalue weighted by molar-refractivity contribution is 7.92. The maximum Gasteiger partial charge on any atom is 0.232 e. The number of rotatable bonds is 4. The van der Waals surface area contributed by atoms with Crippen molar-refractivity contribution in [3.63, 3.8) is 0 Å². The van der Waals surface area contributed by atoms with Gasteiger partial charge in [0.05, 0.1) is 11.4 Å². The van der Waals surface area contributed by atoms with Crippen LogP contribution in [-0.4, -0.2) is 14.2 Å². The molecule has 17 heavy (non-hydrogen) atoms. The molecule has 0 unspecified atom stereocenters. The van der Waals surface area contributed by atoms with E-state index >= 15 is 0 Å². The first-order chi connectivity index (χ1) is 7.78. The van der Waals surface area contributed by atoms with E-state index in [0.29, 0.717) is 6.42 Å². The Morgan fingerprint density at radius 2 is 1.82 bits per heavy atom. The summed E-state index contributed by atoms with van der Waals surface area (Å²) in [6.45, 7) is 4.54. The van der Waals surface area contributed by atoms with E-state index in [1.54, 1.807) is 6.92 Å². The second-order valence-electron chi connectivity index (χ2n) is 3.89. The molecule has 1 rings (SSSR count). The molecule has 3 nitrogen and oxygen atoms in total. The van der Waals surface area contributed by atoms with Crippen LogP contribution in [0.2, 0.25) is 0 Å². The summed E-state index contributed by atoms with van der Waals surface area (Å²) in [5, 5.41) is 0. The highest BCUT2D eigenvalue weighted by atomic mass is 32.2. The molecule has 0 radical (unpaired) electrons. The number of hydrogen-bond acceptors (Lipinski definition) is 2. The summed E-state index contributed by atoms with van der Waals surface area (Å²) in [5.41, 5.74) is -0.0424. The zero-order valence-electron chi connectivity index (χ0n) is 9.97. The number of hydrogen-bond donors (Lipinski definition) is 1. The molecule has 0 fully saturated rings. The largest absolute Gasteiger partial charge is 0.280 e. The summed E-state index contributed by atoms with van der Waals surface area (Å²) in [6.07, 6.45) is 0.407. The summed E-state index contributed by atoms with van der Waals surface area (Å²) in [7, 11) is -3.61. The molecule has 0 spiro atoms. The lowest BCUT2D eigenvalue weighted by molar-refractivity contribution is 0.584. The fraction of sp³-hybridized carbons (Fsp3) is 0.455. The monoisotopic (exact) mass is 263 g/mol. The smallest absolute Gasteiger partial charge is 0.232 e. The number of sulfonamides is 1. The average molecular weight is 263 g/mol. The molecule has 96 valence electrons. The Balaban J connectivity index is 3.17. The molecule has 0 bridgehead atoms. The number of nitrogens with one attached hydrogen (secondary N) is 1. The lowest BCUT2D eigenvalue weighted by atomic mass is 10.1. The molecule has 0 aliphatic rings. The first-order valence-electron chi connectivity index (χ1n) is 5.24. The molecule has 0 amide bonds. The molecule has 1 N–H and O–H groups in total. The van der Waals surface area contributed by atoms with Gasteiger partial charge in [-0.3, -0.25) is 4.72 Å². The Morgan fingerprint density at radius 3 is 2.35 bits per heavy atom. The topological polar surface area (TPSA) is 46.2 Å². The molecule has 0 saturated heterocycles. The van der Waals surface area contributed by atoms with E-state index in [9.17, 15) is 17.2 Å². The minimum atomic E-state index is -3.61. The zero-order chi connectivity index (χ0) is 13.2.